The fraction of sp³-hybridized carbons (Fsp3) is 0.765. The molecule has 1 aromatic heterocycles. The van der Waals surface area contributed by atoms with E-state index in [0.29, 0.717) is 17.9 Å². The fourth-order valence-corrected chi connectivity index (χ4v) is 2.72. The first kappa shape index (κ1) is 20.3. The maximum atomic E-state index is 5.79. The van der Waals surface area contributed by atoms with Gasteiger partial charge in [-0.2, -0.15) is 0 Å². The van der Waals surface area contributed by atoms with Gasteiger partial charge in [0.15, 0.2) is 5.96 Å². The lowest BCUT2D eigenvalue weighted by molar-refractivity contribution is 0.131. The molecule has 0 spiro atoms. The third kappa shape index (κ3) is 5.36. The van der Waals surface area contributed by atoms with Crippen LogP contribution in [0.25, 0.3) is 0 Å². The number of hydrogen-bond donors (Lipinski definition) is 2. The number of nitrogens with one attached hydrogen (secondary N) is 2. The van der Waals surface area contributed by atoms with Gasteiger partial charge >= 0.3 is 0 Å². The molecule has 1 heterocycles. The van der Waals surface area contributed by atoms with E-state index in [1.165, 1.54) is 25.7 Å². The second kappa shape index (κ2) is 8.35. The summed E-state index contributed by atoms with van der Waals surface area (Å²) in [4.78, 5) is 8.61. The third-order valence-electron chi connectivity index (χ3n) is 4.72. The van der Waals surface area contributed by atoms with E-state index in [4.69, 9.17) is 4.42 Å². The van der Waals surface area contributed by atoms with E-state index in [9.17, 15) is 0 Å². The van der Waals surface area contributed by atoms with Crippen LogP contribution in [0.1, 0.15) is 65.0 Å². The topological polar surface area (TPSA) is 62.5 Å². The highest BCUT2D eigenvalue weighted by Gasteiger charge is 2.34. The van der Waals surface area contributed by atoms with Crippen molar-refractivity contribution in [1.82, 2.24) is 15.6 Å². The minimum atomic E-state index is -0.0110. The van der Waals surface area contributed by atoms with Crippen LogP contribution in [0.15, 0.2) is 15.6 Å². The van der Waals surface area contributed by atoms with E-state index in [0.717, 1.165) is 18.3 Å². The fourth-order valence-electron chi connectivity index (χ4n) is 2.72. The molecule has 1 aliphatic carbocycles. The summed E-state index contributed by atoms with van der Waals surface area (Å²) in [7, 11) is 1.80. The lowest BCUT2D eigenvalue weighted by Crippen LogP contribution is -2.46. The second-order valence-electron chi connectivity index (χ2n) is 7.35. The summed E-state index contributed by atoms with van der Waals surface area (Å²) in [5.41, 5.74) is 0.461. The van der Waals surface area contributed by atoms with Crippen molar-refractivity contribution < 1.29 is 4.42 Å². The Kier molecular flexibility index (Phi) is 7.35. The molecule has 1 saturated carbocycles. The van der Waals surface area contributed by atoms with Gasteiger partial charge in [-0.05, 0) is 24.7 Å². The van der Waals surface area contributed by atoms with Gasteiger partial charge in [-0.3, -0.25) is 4.99 Å². The van der Waals surface area contributed by atoms with Crippen LogP contribution >= 0.6 is 24.0 Å². The van der Waals surface area contributed by atoms with Crippen molar-refractivity contribution >= 4 is 29.9 Å². The first-order valence-electron chi connectivity index (χ1n) is 8.28. The smallest absolute Gasteiger partial charge is 0.213 e. The van der Waals surface area contributed by atoms with Gasteiger partial charge in [0, 0.05) is 19.0 Å². The molecule has 0 unspecified atom stereocenters. The summed E-state index contributed by atoms with van der Waals surface area (Å²) in [6.45, 7) is 10.2. The third-order valence-corrected chi connectivity index (χ3v) is 4.72. The number of oxazole rings is 1. The Bertz CT molecular complexity index is 509. The molecule has 0 saturated heterocycles. The molecule has 0 bridgehead atoms. The molecule has 2 rings (SSSR count). The van der Waals surface area contributed by atoms with Gasteiger partial charge in [-0.15, -0.1) is 24.0 Å². The number of aromatic nitrogens is 1. The Hall–Kier alpha value is -0.790. The molecule has 0 amide bonds. The molecule has 1 fully saturated rings. The standard InChI is InChI=1S/C17H30N4O.HI/c1-6-17(8-7-9-17)12-21-15(18-5)20-11-14-19-10-13(22-14)16(2,3)4;/h10H,6-9,11-12H2,1-5H3,(H2,18,20,21);1H. The predicted octanol–water partition coefficient (Wildman–Crippen LogP) is 3.84. The number of halogens is 1. The molecule has 0 atom stereocenters. The Labute approximate surface area is 157 Å². The van der Waals surface area contributed by atoms with E-state index < -0.39 is 0 Å². The average molecular weight is 434 g/mol. The molecule has 0 aromatic carbocycles. The molecule has 1 aromatic rings. The number of nitrogens with zero attached hydrogens (tertiary/aromatic N) is 2. The van der Waals surface area contributed by atoms with Crippen molar-refractivity contribution in [3.8, 4) is 0 Å². The van der Waals surface area contributed by atoms with E-state index in [1.54, 1.807) is 7.05 Å². The normalized spacial score (nSPS) is 17.2. The highest BCUT2D eigenvalue weighted by atomic mass is 127. The van der Waals surface area contributed by atoms with Crippen LogP contribution in [0.3, 0.4) is 0 Å². The number of aliphatic imine (C=N–C) groups is 1. The number of hydrogen-bond acceptors (Lipinski definition) is 3. The zero-order valence-corrected chi connectivity index (χ0v) is 17.4. The maximum Gasteiger partial charge on any atom is 0.213 e. The van der Waals surface area contributed by atoms with Crippen molar-refractivity contribution in [3.05, 3.63) is 17.8 Å². The molecule has 132 valence electrons. The minimum Gasteiger partial charge on any atom is -0.443 e. The monoisotopic (exact) mass is 434 g/mol. The highest BCUT2D eigenvalue weighted by molar-refractivity contribution is 14.0. The summed E-state index contributed by atoms with van der Waals surface area (Å²) in [6, 6.07) is 0. The van der Waals surface area contributed by atoms with Crippen molar-refractivity contribution in [2.45, 2.75) is 65.3 Å². The van der Waals surface area contributed by atoms with E-state index in [-0.39, 0.29) is 29.4 Å². The number of guanidine groups is 1. The van der Waals surface area contributed by atoms with Crippen LogP contribution in [0.4, 0.5) is 0 Å². The van der Waals surface area contributed by atoms with Gasteiger partial charge in [-0.25, -0.2) is 4.98 Å². The van der Waals surface area contributed by atoms with Gasteiger partial charge in [0.2, 0.25) is 5.89 Å². The van der Waals surface area contributed by atoms with E-state index >= 15 is 0 Å². The summed E-state index contributed by atoms with van der Waals surface area (Å²) >= 11 is 0. The zero-order chi connectivity index (χ0) is 16.2. The largest absolute Gasteiger partial charge is 0.443 e. The molecule has 5 nitrogen and oxygen atoms in total. The van der Waals surface area contributed by atoms with Crippen molar-refractivity contribution in [2.24, 2.45) is 10.4 Å². The molecule has 23 heavy (non-hydrogen) atoms. The zero-order valence-electron chi connectivity index (χ0n) is 15.0. The lowest BCUT2D eigenvalue weighted by atomic mass is 9.67. The van der Waals surface area contributed by atoms with Crippen LogP contribution in [0.5, 0.6) is 0 Å². The minimum absolute atomic E-state index is 0. The molecule has 6 heteroatoms. The van der Waals surface area contributed by atoms with Gasteiger partial charge in [0.25, 0.3) is 0 Å². The van der Waals surface area contributed by atoms with Crippen molar-refractivity contribution in [2.75, 3.05) is 13.6 Å². The molecule has 0 radical (unpaired) electrons. The summed E-state index contributed by atoms with van der Waals surface area (Å²) < 4.78 is 5.79. The maximum absolute atomic E-state index is 5.79. The second-order valence-corrected chi connectivity index (χ2v) is 7.35. The van der Waals surface area contributed by atoms with E-state index in [2.05, 4.69) is 48.3 Å². The van der Waals surface area contributed by atoms with Crippen molar-refractivity contribution in [3.63, 3.8) is 0 Å². The Morgan fingerprint density at radius 2 is 2.04 bits per heavy atom. The summed E-state index contributed by atoms with van der Waals surface area (Å²) in [5, 5.41) is 6.72. The molecule has 0 aliphatic heterocycles. The quantitative estimate of drug-likeness (QED) is 0.420. The lowest BCUT2D eigenvalue weighted by Gasteiger charge is -2.41. The molecule has 2 N–H and O–H groups in total. The molecule has 1 aliphatic rings. The molecular formula is C17H31IN4O. The first-order chi connectivity index (χ1) is 10.4. The van der Waals surface area contributed by atoms with Gasteiger partial charge in [-0.1, -0.05) is 34.1 Å². The van der Waals surface area contributed by atoms with Crippen LogP contribution in [-0.2, 0) is 12.0 Å². The number of rotatable bonds is 5. The predicted molar refractivity (Wildman–Crippen MR) is 105 cm³/mol. The Morgan fingerprint density at radius 3 is 2.48 bits per heavy atom. The Morgan fingerprint density at radius 1 is 1.35 bits per heavy atom. The summed E-state index contributed by atoms with van der Waals surface area (Å²) in [6.07, 6.45) is 7.04. The van der Waals surface area contributed by atoms with Crippen LogP contribution in [0, 0.1) is 5.41 Å². The SMILES string of the molecule is CCC1(CNC(=NC)NCc2ncc(C(C)(C)C)o2)CCC1.I. The van der Waals surface area contributed by atoms with Crippen molar-refractivity contribution in [1.29, 1.82) is 0 Å². The summed E-state index contributed by atoms with van der Waals surface area (Å²) in [5.74, 6) is 2.42. The van der Waals surface area contributed by atoms with Crippen LogP contribution in [0.2, 0.25) is 0 Å². The van der Waals surface area contributed by atoms with Crippen LogP contribution in [-0.4, -0.2) is 24.5 Å². The molecular weight excluding hydrogens is 403 g/mol. The van der Waals surface area contributed by atoms with Gasteiger partial charge in [0.05, 0.1) is 12.7 Å². The van der Waals surface area contributed by atoms with Gasteiger partial charge < -0.3 is 15.1 Å². The van der Waals surface area contributed by atoms with Gasteiger partial charge in [0.1, 0.15) is 5.76 Å². The first-order valence-corrected chi connectivity index (χ1v) is 8.28. The highest BCUT2D eigenvalue weighted by Crippen LogP contribution is 2.42. The average Bonchev–Trinajstić information content (AvgIpc) is 2.90. The van der Waals surface area contributed by atoms with Crippen LogP contribution < -0.4 is 10.6 Å². The van der Waals surface area contributed by atoms with E-state index in [1.807, 2.05) is 6.20 Å². The Balaban J connectivity index is 0.00000264.